The molecule has 0 heterocycles. The van der Waals surface area contributed by atoms with E-state index in [2.05, 4.69) is 5.32 Å². The quantitative estimate of drug-likeness (QED) is 0.563. The van der Waals surface area contributed by atoms with Gasteiger partial charge in [-0.15, -0.1) is 0 Å². The highest BCUT2D eigenvalue weighted by Crippen LogP contribution is 2.29. The molecule has 6 nitrogen and oxygen atoms in total. The third-order valence-corrected chi connectivity index (χ3v) is 4.10. The molecule has 0 radical (unpaired) electrons. The third-order valence-electron chi connectivity index (χ3n) is 4.10. The average Bonchev–Trinajstić information content (AvgIpc) is 2.75. The van der Waals surface area contributed by atoms with Crippen molar-refractivity contribution in [3.05, 3.63) is 78.4 Å². The second kappa shape index (κ2) is 9.41. The maximum Gasteiger partial charge on any atom is 0.265 e. The Bertz CT molecular complexity index is 970. The van der Waals surface area contributed by atoms with Gasteiger partial charge in [0.1, 0.15) is 17.8 Å². The molecule has 0 fully saturated rings. The normalized spacial score (nSPS) is 11.2. The number of aldehydes is 1. The molecule has 0 bridgehead atoms. The minimum Gasteiger partial charge on any atom is -0.493 e. The van der Waals surface area contributed by atoms with Gasteiger partial charge < -0.3 is 19.5 Å². The van der Waals surface area contributed by atoms with Gasteiger partial charge in [-0.3, -0.25) is 9.59 Å². The zero-order valence-corrected chi connectivity index (χ0v) is 16.1. The van der Waals surface area contributed by atoms with Crippen LogP contribution >= 0.6 is 0 Å². The maximum absolute atomic E-state index is 12.5. The number of amides is 1. The van der Waals surface area contributed by atoms with Crippen molar-refractivity contribution in [2.75, 3.05) is 12.4 Å². The molecule has 0 spiro atoms. The van der Waals surface area contributed by atoms with Crippen LogP contribution in [0.1, 0.15) is 17.3 Å². The predicted octanol–water partition coefficient (Wildman–Crippen LogP) is 4.71. The van der Waals surface area contributed by atoms with E-state index in [-0.39, 0.29) is 5.91 Å². The molecule has 0 saturated carbocycles. The molecule has 3 aromatic carbocycles. The second-order valence-electron chi connectivity index (χ2n) is 6.22. The number of para-hydroxylation sites is 1. The summed E-state index contributed by atoms with van der Waals surface area (Å²) in [5, 5.41) is 2.79. The molecule has 1 atom stereocenters. The van der Waals surface area contributed by atoms with Crippen LogP contribution in [0.25, 0.3) is 0 Å². The molecule has 0 saturated heterocycles. The van der Waals surface area contributed by atoms with Crippen LogP contribution in [-0.2, 0) is 4.79 Å². The largest absolute Gasteiger partial charge is 0.493 e. The van der Waals surface area contributed by atoms with Gasteiger partial charge in [0.2, 0.25) is 0 Å². The van der Waals surface area contributed by atoms with Crippen LogP contribution in [0.4, 0.5) is 5.69 Å². The van der Waals surface area contributed by atoms with Crippen LogP contribution in [0.5, 0.6) is 23.0 Å². The number of benzene rings is 3. The van der Waals surface area contributed by atoms with Gasteiger partial charge in [0, 0.05) is 11.3 Å². The number of carbonyl (C=O) groups excluding carboxylic acids is 2. The molecule has 1 N–H and O–H groups in total. The van der Waals surface area contributed by atoms with E-state index in [1.54, 1.807) is 43.3 Å². The van der Waals surface area contributed by atoms with E-state index in [1.165, 1.54) is 13.2 Å². The Balaban J connectivity index is 1.62. The molecule has 29 heavy (non-hydrogen) atoms. The lowest BCUT2D eigenvalue weighted by Gasteiger charge is -2.17. The Morgan fingerprint density at radius 1 is 0.931 bits per heavy atom. The van der Waals surface area contributed by atoms with Crippen molar-refractivity contribution >= 4 is 17.9 Å². The zero-order valence-electron chi connectivity index (χ0n) is 16.1. The molecule has 0 aliphatic rings. The van der Waals surface area contributed by atoms with E-state index in [4.69, 9.17) is 14.2 Å². The first-order chi connectivity index (χ1) is 14.1. The Morgan fingerprint density at radius 2 is 1.62 bits per heavy atom. The Labute approximate surface area is 169 Å². The van der Waals surface area contributed by atoms with Crippen LogP contribution in [0.15, 0.2) is 72.8 Å². The number of carbonyl (C=O) groups is 2. The van der Waals surface area contributed by atoms with Crippen molar-refractivity contribution in [2.45, 2.75) is 13.0 Å². The summed E-state index contributed by atoms with van der Waals surface area (Å²) in [5.74, 6) is 1.83. The summed E-state index contributed by atoms with van der Waals surface area (Å²) < 4.78 is 16.6. The second-order valence-corrected chi connectivity index (χ2v) is 6.22. The number of hydrogen-bond donors (Lipinski definition) is 1. The highest BCUT2D eigenvalue weighted by Gasteiger charge is 2.17. The first-order valence-corrected chi connectivity index (χ1v) is 9.03. The molecule has 148 valence electrons. The van der Waals surface area contributed by atoms with Crippen molar-refractivity contribution in [1.29, 1.82) is 0 Å². The lowest BCUT2D eigenvalue weighted by Crippen LogP contribution is -2.30. The van der Waals surface area contributed by atoms with E-state index in [0.717, 1.165) is 5.75 Å². The number of rotatable bonds is 8. The molecule has 3 rings (SSSR count). The van der Waals surface area contributed by atoms with Gasteiger partial charge in [0.25, 0.3) is 5.91 Å². The fraction of sp³-hybridized carbons (Fsp3) is 0.130. The molecule has 6 heteroatoms. The van der Waals surface area contributed by atoms with Gasteiger partial charge in [0.05, 0.1) is 7.11 Å². The van der Waals surface area contributed by atoms with E-state index in [1.807, 2.05) is 30.3 Å². The molecule has 0 aliphatic heterocycles. The number of hydrogen-bond acceptors (Lipinski definition) is 5. The lowest BCUT2D eigenvalue weighted by molar-refractivity contribution is -0.122. The minimum atomic E-state index is -0.800. The summed E-state index contributed by atoms with van der Waals surface area (Å²) in [6, 6.07) is 21.2. The third kappa shape index (κ3) is 5.35. The summed E-state index contributed by atoms with van der Waals surface area (Å²) in [7, 11) is 1.49. The van der Waals surface area contributed by atoms with Gasteiger partial charge in [-0.05, 0) is 61.5 Å². The fourth-order valence-electron chi connectivity index (χ4n) is 2.58. The van der Waals surface area contributed by atoms with Crippen molar-refractivity contribution in [1.82, 2.24) is 0 Å². The van der Waals surface area contributed by atoms with Gasteiger partial charge >= 0.3 is 0 Å². The number of anilines is 1. The number of methoxy groups -OCH3 is 1. The van der Waals surface area contributed by atoms with Crippen molar-refractivity contribution in [2.24, 2.45) is 0 Å². The summed E-state index contributed by atoms with van der Waals surface area (Å²) in [6.45, 7) is 1.62. The number of ether oxygens (including phenoxy) is 3. The highest BCUT2D eigenvalue weighted by molar-refractivity contribution is 5.94. The summed E-state index contributed by atoms with van der Waals surface area (Å²) >= 11 is 0. The standard InChI is InChI=1S/C23H21NO5/c1-16(28-22-14-17(15-25)8-13-21(22)27-2)23(26)24-18-9-11-20(12-10-18)29-19-6-4-3-5-7-19/h3-16H,1-2H3,(H,24,26)/t16-/m1/s1. The van der Waals surface area contributed by atoms with E-state index in [9.17, 15) is 9.59 Å². The minimum absolute atomic E-state index is 0.325. The van der Waals surface area contributed by atoms with Gasteiger partial charge in [-0.2, -0.15) is 0 Å². The molecule has 3 aromatic rings. The van der Waals surface area contributed by atoms with Crippen molar-refractivity contribution < 1.29 is 23.8 Å². The van der Waals surface area contributed by atoms with E-state index in [0.29, 0.717) is 34.8 Å². The fourth-order valence-corrected chi connectivity index (χ4v) is 2.58. The smallest absolute Gasteiger partial charge is 0.265 e. The van der Waals surface area contributed by atoms with Crippen molar-refractivity contribution in [3.8, 4) is 23.0 Å². The van der Waals surface area contributed by atoms with Crippen LogP contribution < -0.4 is 19.5 Å². The predicted molar refractivity (Wildman–Crippen MR) is 110 cm³/mol. The average molecular weight is 391 g/mol. The van der Waals surface area contributed by atoms with Crippen LogP contribution in [0.3, 0.4) is 0 Å². The maximum atomic E-state index is 12.5. The van der Waals surface area contributed by atoms with E-state index < -0.39 is 6.10 Å². The van der Waals surface area contributed by atoms with Gasteiger partial charge in [0.15, 0.2) is 17.6 Å². The lowest BCUT2D eigenvalue weighted by atomic mass is 10.2. The monoisotopic (exact) mass is 391 g/mol. The summed E-state index contributed by atoms with van der Waals surface area (Å²) in [4.78, 5) is 23.4. The van der Waals surface area contributed by atoms with Crippen LogP contribution in [0.2, 0.25) is 0 Å². The molecule has 0 aromatic heterocycles. The summed E-state index contributed by atoms with van der Waals surface area (Å²) in [6.07, 6.45) is -0.0955. The molecular formula is C23H21NO5. The Hall–Kier alpha value is -3.80. The molecule has 0 aliphatic carbocycles. The Kier molecular flexibility index (Phi) is 6.47. The Morgan fingerprint density at radius 3 is 2.28 bits per heavy atom. The van der Waals surface area contributed by atoms with Gasteiger partial charge in [-0.25, -0.2) is 0 Å². The number of nitrogens with one attached hydrogen (secondary N) is 1. The molecule has 1 amide bonds. The highest BCUT2D eigenvalue weighted by atomic mass is 16.5. The molecule has 0 unspecified atom stereocenters. The first kappa shape index (κ1) is 19.9. The SMILES string of the molecule is COc1ccc(C=O)cc1O[C@H](C)C(=O)Nc1ccc(Oc2ccccc2)cc1. The summed E-state index contributed by atoms with van der Waals surface area (Å²) in [5.41, 5.74) is 1.04. The van der Waals surface area contributed by atoms with Gasteiger partial charge in [-0.1, -0.05) is 18.2 Å². The van der Waals surface area contributed by atoms with E-state index >= 15 is 0 Å². The van der Waals surface area contributed by atoms with Crippen LogP contribution in [-0.4, -0.2) is 25.4 Å². The van der Waals surface area contributed by atoms with Crippen LogP contribution in [0, 0.1) is 0 Å². The van der Waals surface area contributed by atoms with Crippen molar-refractivity contribution in [3.63, 3.8) is 0 Å². The zero-order chi connectivity index (χ0) is 20.6. The topological polar surface area (TPSA) is 73.9 Å². The molecular weight excluding hydrogens is 370 g/mol. The first-order valence-electron chi connectivity index (χ1n) is 9.03.